The zero-order chi connectivity index (χ0) is 18.2. The summed E-state index contributed by atoms with van der Waals surface area (Å²) < 4.78 is 10.3. The zero-order valence-corrected chi connectivity index (χ0v) is 14.8. The Bertz CT molecular complexity index is 799. The third kappa shape index (κ3) is 5.36. The van der Waals surface area contributed by atoms with Crippen molar-refractivity contribution in [3.63, 3.8) is 0 Å². The lowest BCUT2D eigenvalue weighted by Crippen LogP contribution is -2.06. The molecular formula is C19H19ClN2O3. The van der Waals surface area contributed by atoms with Crippen LogP contribution in [-0.4, -0.2) is 26.2 Å². The van der Waals surface area contributed by atoms with Crippen molar-refractivity contribution in [3.05, 3.63) is 64.8 Å². The molecule has 0 aliphatic heterocycles. The number of ether oxygens (including phenoxy) is 2. The van der Waals surface area contributed by atoms with Gasteiger partial charge in [0.2, 0.25) is 0 Å². The van der Waals surface area contributed by atoms with Crippen LogP contribution in [0.5, 0.6) is 11.5 Å². The summed E-state index contributed by atoms with van der Waals surface area (Å²) in [4.78, 5) is 15.4. The number of rotatable bonds is 7. The van der Waals surface area contributed by atoms with Crippen LogP contribution in [0.2, 0.25) is 5.02 Å². The molecule has 0 atom stereocenters. The molecule has 0 spiro atoms. The molecule has 0 saturated heterocycles. The van der Waals surface area contributed by atoms with Crippen molar-refractivity contribution in [3.8, 4) is 11.5 Å². The number of methoxy groups -OCH3 is 2. The predicted molar refractivity (Wildman–Crippen MR) is 100 cm³/mol. The smallest absolute Gasteiger partial charge is 0.165 e. The van der Waals surface area contributed by atoms with Crippen LogP contribution in [0.4, 0.5) is 5.69 Å². The number of nitrogens with two attached hydrogens (primary N) is 1. The quantitative estimate of drug-likeness (QED) is 0.465. The van der Waals surface area contributed by atoms with Gasteiger partial charge in [0, 0.05) is 18.2 Å². The Hall–Kier alpha value is -2.79. The molecule has 2 aromatic carbocycles. The summed E-state index contributed by atoms with van der Waals surface area (Å²) in [5.41, 5.74) is 7.93. The van der Waals surface area contributed by atoms with E-state index in [1.807, 2.05) is 24.3 Å². The topological polar surface area (TPSA) is 73.9 Å². The van der Waals surface area contributed by atoms with Crippen LogP contribution >= 0.6 is 11.6 Å². The Labute approximate surface area is 151 Å². The second-order valence-corrected chi connectivity index (χ2v) is 5.61. The fourth-order valence-corrected chi connectivity index (χ4v) is 2.37. The third-order valence-corrected chi connectivity index (χ3v) is 3.74. The van der Waals surface area contributed by atoms with Gasteiger partial charge in [-0.25, -0.2) is 0 Å². The number of carbonyl (C=O) groups excluding carboxylic acids is 1. The normalized spacial score (nSPS) is 12.0. The van der Waals surface area contributed by atoms with Crippen molar-refractivity contribution < 1.29 is 14.3 Å². The highest BCUT2D eigenvalue weighted by atomic mass is 35.5. The van der Waals surface area contributed by atoms with Crippen molar-refractivity contribution in [2.45, 2.75) is 6.42 Å². The number of aldehydes is 1. The number of halogens is 1. The molecule has 0 aromatic heterocycles. The van der Waals surface area contributed by atoms with Gasteiger partial charge in [0.25, 0.3) is 0 Å². The minimum Gasteiger partial charge on any atom is -0.497 e. The number of allylic oxidation sites excluding steroid dienone is 2. The highest BCUT2D eigenvalue weighted by Crippen LogP contribution is 2.29. The van der Waals surface area contributed by atoms with E-state index in [1.165, 1.54) is 6.08 Å². The van der Waals surface area contributed by atoms with Crippen LogP contribution in [0.25, 0.3) is 0 Å². The predicted octanol–water partition coefficient (Wildman–Crippen LogP) is 3.71. The molecular weight excluding hydrogens is 340 g/mol. The van der Waals surface area contributed by atoms with Gasteiger partial charge in [-0.1, -0.05) is 23.7 Å². The van der Waals surface area contributed by atoms with Crippen molar-refractivity contribution in [2.24, 2.45) is 10.7 Å². The molecule has 0 aliphatic rings. The molecule has 0 aliphatic carbocycles. The maximum absolute atomic E-state index is 10.9. The summed E-state index contributed by atoms with van der Waals surface area (Å²) in [6.07, 6.45) is 2.61. The molecule has 0 heterocycles. The Balaban J connectivity index is 2.36. The first-order valence-corrected chi connectivity index (χ1v) is 7.90. The SMILES string of the molecule is COc1ccc(CC(C=C(N)C=O)=Nc2ccc(OC)cc2Cl)cc1. The molecule has 5 nitrogen and oxygen atoms in total. The summed E-state index contributed by atoms with van der Waals surface area (Å²) >= 11 is 6.24. The van der Waals surface area contributed by atoms with E-state index < -0.39 is 0 Å². The molecule has 6 heteroatoms. The van der Waals surface area contributed by atoms with Gasteiger partial charge in [-0.05, 0) is 35.9 Å². The number of hydrogen-bond donors (Lipinski definition) is 1. The van der Waals surface area contributed by atoms with Crippen LogP contribution in [0.1, 0.15) is 5.56 Å². The fraction of sp³-hybridized carbons (Fsp3) is 0.158. The van der Waals surface area contributed by atoms with Crippen molar-refractivity contribution in [2.75, 3.05) is 14.2 Å². The van der Waals surface area contributed by atoms with E-state index in [1.54, 1.807) is 32.4 Å². The van der Waals surface area contributed by atoms with Crippen LogP contribution in [-0.2, 0) is 11.2 Å². The summed E-state index contributed by atoms with van der Waals surface area (Å²) in [6.45, 7) is 0. The molecule has 0 bridgehead atoms. The lowest BCUT2D eigenvalue weighted by Gasteiger charge is -2.07. The van der Waals surface area contributed by atoms with Crippen molar-refractivity contribution in [1.29, 1.82) is 0 Å². The van der Waals surface area contributed by atoms with E-state index in [4.69, 9.17) is 26.8 Å². The molecule has 0 amide bonds. The van der Waals surface area contributed by atoms with Crippen molar-refractivity contribution >= 4 is 29.3 Å². The Morgan fingerprint density at radius 1 is 1.12 bits per heavy atom. The monoisotopic (exact) mass is 358 g/mol. The van der Waals surface area contributed by atoms with E-state index >= 15 is 0 Å². The third-order valence-electron chi connectivity index (χ3n) is 3.43. The van der Waals surface area contributed by atoms with Gasteiger partial charge in [-0.15, -0.1) is 0 Å². The maximum atomic E-state index is 10.9. The van der Waals surface area contributed by atoms with Crippen molar-refractivity contribution in [1.82, 2.24) is 0 Å². The Kier molecular flexibility index (Phi) is 6.60. The standard InChI is InChI=1S/C19H19ClN2O3/c1-24-16-5-3-13(4-6-16)9-15(10-14(21)12-23)22-19-8-7-17(25-2)11-18(19)20/h3-8,10-12H,9,21H2,1-2H3. The highest BCUT2D eigenvalue weighted by molar-refractivity contribution is 6.33. The van der Waals surface area contributed by atoms with Gasteiger partial charge in [0.05, 0.1) is 30.6 Å². The molecule has 0 radical (unpaired) electrons. The van der Waals surface area contributed by atoms with Crippen LogP contribution < -0.4 is 15.2 Å². The van der Waals surface area contributed by atoms with E-state index in [0.29, 0.717) is 34.9 Å². The summed E-state index contributed by atoms with van der Waals surface area (Å²) in [5, 5.41) is 0.449. The maximum Gasteiger partial charge on any atom is 0.165 e. The van der Waals surface area contributed by atoms with E-state index in [-0.39, 0.29) is 5.70 Å². The fourth-order valence-electron chi connectivity index (χ4n) is 2.16. The van der Waals surface area contributed by atoms with E-state index in [2.05, 4.69) is 4.99 Å². The minimum absolute atomic E-state index is 0.0943. The van der Waals surface area contributed by atoms with Gasteiger partial charge < -0.3 is 15.2 Å². The number of benzene rings is 2. The number of hydrogen-bond acceptors (Lipinski definition) is 5. The lowest BCUT2D eigenvalue weighted by molar-refractivity contribution is -0.104. The molecule has 0 unspecified atom stereocenters. The minimum atomic E-state index is 0.0943. The van der Waals surface area contributed by atoms with E-state index in [0.717, 1.165) is 11.3 Å². The zero-order valence-electron chi connectivity index (χ0n) is 14.0. The molecule has 130 valence electrons. The number of carbonyl (C=O) groups is 1. The van der Waals surface area contributed by atoms with Crippen LogP contribution in [0.3, 0.4) is 0 Å². The molecule has 2 rings (SSSR count). The Morgan fingerprint density at radius 3 is 2.32 bits per heavy atom. The van der Waals surface area contributed by atoms with Crippen LogP contribution in [0, 0.1) is 0 Å². The molecule has 2 aromatic rings. The first-order valence-electron chi connectivity index (χ1n) is 7.52. The highest BCUT2D eigenvalue weighted by Gasteiger charge is 2.06. The summed E-state index contributed by atoms with van der Waals surface area (Å²) in [7, 11) is 3.18. The largest absolute Gasteiger partial charge is 0.497 e. The van der Waals surface area contributed by atoms with E-state index in [9.17, 15) is 4.79 Å². The van der Waals surface area contributed by atoms with Gasteiger partial charge in [0.1, 0.15) is 11.5 Å². The first-order chi connectivity index (χ1) is 12.0. The second-order valence-electron chi connectivity index (χ2n) is 5.21. The van der Waals surface area contributed by atoms with Gasteiger partial charge >= 0.3 is 0 Å². The summed E-state index contributed by atoms with van der Waals surface area (Å²) in [6, 6.07) is 12.8. The number of nitrogens with zero attached hydrogens (tertiary/aromatic N) is 1. The first kappa shape index (κ1) is 18.5. The molecule has 0 fully saturated rings. The van der Waals surface area contributed by atoms with Gasteiger partial charge in [-0.3, -0.25) is 9.79 Å². The molecule has 2 N–H and O–H groups in total. The summed E-state index contributed by atoms with van der Waals surface area (Å²) in [5.74, 6) is 1.41. The Morgan fingerprint density at radius 2 is 1.76 bits per heavy atom. The van der Waals surface area contributed by atoms with Crippen LogP contribution in [0.15, 0.2) is 59.2 Å². The molecule has 0 saturated carbocycles. The van der Waals surface area contributed by atoms with Gasteiger partial charge in [0.15, 0.2) is 6.29 Å². The average Bonchev–Trinajstić information content (AvgIpc) is 2.63. The second kappa shape index (κ2) is 8.89. The average molecular weight is 359 g/mol. The lowest BCUT2D eigenvalue weighted by atomic mass is 10.1. The molecule has 25 heavy (non-hydrogen) atoms. The number of aliphatic imine (C=N–C) groups is 1. The van der Waals surface area contributed by atoms with Gasteiger partial charge in [-0.2, -0.15) is 0 Å².